The number of amides is 1. The molecule has 0 heterocycles. The number of carbonyl (C=O) groups is 2. The first kappa shape index (κ1) is 17.2. The first-order chi connectivity index (χ1) is 9.81. The average Bonchev–Trinajstić information content (AvgIpc) is 2.43. The van der Waals surface area contributed by atoms with Crippen molar-refractivity contribution in [2.75, 3.05) is 6.54 Å². The Morgan fingerprint density at radius 2 is 1.76 bits per heavy atom. The minimum atomic E-state index is -0.737. The lowest BCUT2D eigenvalue weighted by Gasteiger charge is -2.17. The minimum Gasteiger partial charge on any atom is -0.463 e. The maximum atomic E-state index is 12.0. The van der Waals surface area contributed by atoms with Gasteiger partial charge < -0.3 is 15.8 Å². The Morgan fingerprint density at radius 3 is 2.29 bits per heavy atom. The highest BCUT2D eigenvalue weighted by Gasteiger charge is 2.20. The van der Waals surface area contributed by atoms with E-state index in [0.717, 1.165) is 11.1 Å². The molecule has 3 N–H and O–H groups in total. The summed E-state index contributed by atoms with van der Waals surface area (Å²) in [6, 6.07) is 6.74. The summed E-state index contributed by atoms with van der Waals surface area (Å²) in [5, 5.41) is 2.68. The molecule has 0 saturated heterocycles. The third-order valence-corrected chi connectivity index (χ3v) is 3.06. The zero-order valence-electron chi connectivity index (χ0n) is 13.1. The fourth-order valence-electron chi connectivity index (χ4n) is 1.72. The predicted molar refractivity (Wildman–Crippen MR) is 81.5 cm³/mol. The van der Waals surface area contributed by atoms with Gasteiger partial charge in [0.25, 0.3) is 0 Å². The Labute approximate surface area is 125 Å². The van der Waals surface area contributed by atoms with Gasteiger partial charge in [0, 0.05) is 6.54 Å². The van der Waals surface area contributed by atoms with Crippen LogP contribution in [0.15, 0.2) is 24.3 Å². The molecule has 1 rings (SSSR count). The summed E-state index contributed by atoms with van der Waals surface area (Å²) in [7, 11) is 0. The van der Waals surface area contributed by atoms with Crippen LogP contribution in [0.2, 0.25) is 0 Å². The molecule has 1 amide bonds. The normalized spacial score (nSPS) is 13.6. The Kier molecular flexibility index (Phi) is 6.37. The van der Waals surface area contributed by atoms with E-state index in [1.807, 2.05) is 31.2 Å². The topological polar surface area (TPSA) is 81.4 Å². The maximum absolute atomic E-state index is 12.0. The quantitative estimate of drug-likeness (QED) is 0.782. The lowest BCUT2D eigenvalue weighted by Crippen LogP contribution is -2.38. The van der Waals surface area contributed by atoms with E-state index in [1.165, 1.54) is 0 Å². The molecule has 0 aliphatic heterocycles. The number of esters is 1. The van der Waals surface area contributed by atoms with Gasteiger partial charge in [0.1, 0.15) is 6.04 Å². The van der Waals surface area contributed by atoms with Crippen LogP contribution in [0, 0.1) is 12.8 Å². The number of aryl methyl sites for hydroxylation is 1. The van der Waals surface area contributed by atoms with Crippen molar-refractivity contribution in [3.63, 3.8) is 0 Å². The Hall–Kier alpha value is -1.88. The molecule has 1 aromatic carbocycles. The Bertz CT molecular complexity index is 483. The molecular formula is C16H24N2O3. The van der Waals surface area contributed by atoms with Gasteiger partial charge in [-0.2, -0.15) is 0 Å². The lowest BCUT2D eigenvalue weighted by molar-refractivity contribution is -0.151. The molecule has 5 nitrogen and oxygen atoms in total. The summed E-state index contributed by atoms with van der Waals surface area (Å²) in [6.07, 6.45) is -0.162. The van der Waals surface area contributed by atoms with E-state index in [0.29, 0.717) is 0 Å². The second kappa shape index (κ2) is 7.78. The van der Waals surface area contributed by atoms with Crippen molar-refractivity contribution < 1.29 is 14.3 Å². The molecule has 116 valence electrons. The largest absolute Gasteiger partial charge is 0.463 e. The zero-order valence-corrected chi connectivity index (χ0v) is 13.1. The fourth-order valence-corrected chi connectivity index (χ4v) is 1.72. The number of nitrogens with one attached hydrogen (secondary N) is 1. The van der Waals surface area contributed by atoms with Crippen LogP contribution in [-0.2, 0) is 14.3 Å². The van der Waals surface area contributed by atoms with Crippen molar-refractivity contribution in [1.82, 2.24) is 5.32 Å². The molecule has 0 aliphatic carbocycles. The van der Waals surface area contributed by atoms with Crippen molar-refractivity contribution in [1.29, 1.82) is 0 Å². The number of rotatable bonds is 6. The minimum absolute atomic E-state index is 0.162. The average molecular weight is 292 g/mol. The molecular weight excluding hydrogens is 268 g/mol. The molecule has 0 spiro atoms. The fraction of sp³-hybridized carbons (Fsp3) is 0.500. The van der Waals surface area contributed by atoms with E-state index in [-0.39, 0.29) is 24.5 Å². The molecule has 0 aliphatic rings. The van der Waals surface area contributed by atoms with Gasteiger partial charge in [-0.25, -0.2) is 0 Å². The number of carbonyl (C=O) groups excluding carboxylic acids is 2. The summed E-state index contributed by atoms with van der Waals surface area (Å²) in [5.74, 6) is -1.03. The monoisotopic (exact) mass is 292 g/mol. The third-order valence-electron chi connectivity index (χ3n) is 3.06. The Balaban J connectivity index is 2.49. The third kappa shape index (κ3) is 5.55. The van der Waals surface area contributed by atoms with Crippen LogP contribution in [0.3, 0.4) is 0 Å². The smallest absolute Gasteiger partial charge is 0.310 e. The number of ether oxygens (including phenoxy) is 1. The lowest BCUT2D eigenvalue weighted by atomic mass is 10.0. The van der Waals surface area contributed by atoms with Crippen LogP contribution in [0.1, 0.15) is 37.9 Å². The summed E-state index contributed by atoms with van der Waals surface area (Å²) in [6.45, 7) is 7.47. The van der Waals surface area contributed by atoms with Crippen LogP contribution in [0.25, 0.3) is 0 Å². The van der Waals surface area contributed by atoms with Crippen molar-refractivity contribution in [2.45, 2.75) is 39.8 Å². The molecule has 0 fully saturated rings. The van der Waals surface area contributed by atoms with Gasteiger partial charge in [-0.05, 0) is 26.3 Å². The van der Waals surface area contributed by atoms with Gasteiger partial charge in [-0.3, -0.25) is 9.59 Å². The summed E-state index contributed by atoms with van der Waals surface area (Å²) < 4.78 is 5.08. The molecule has 5 heteroatoms. The van der Waals surface area contributed by atoms with E-state index >= 15 is 0 Å². The van der Waals surface area contributed by atoms with E-state index in [2.05, 4.69) is 5.32 Å². The van der Waals surface area contributed by atoms with Crippen LogP contribution in [0.5, 0.6) is 0 Å². The number of benzene rings is 1. The van der Waals surface area contributed by atoms with E-state index in [4.69, 9.17) is 10.5 Å². The SMILES string of the molecule is Cc1ccc(C(N)C(=O)NCC(C)C(=O)OC(C)C)cc1. The van der Waals surface area contributed by atoms with Crippen LogP contribution in [0.4, 0.5) is 0 Å². The Morgan fingerprint density at radius 1 is 1.19 bits per heavy atom. The maximum Gasteiger partial charge on any atom is 0.310 e. The molecule has 0 bridgehead atoms. The van der Waals surface area contributed by atoms with Crippen LogP contribution >= 0.6 is 0 Å². The number of hydrogen-bond donors (Lipinski definition) is 2. The molecule has 0 aromatic heterocycles. The molecule has 2 atom stereocenters. The van der Waals surface area contributed by atoms with E-state index in [9.17, 15) is 9.59 Å². The zero-order chi connectivity index (χ0) is 16.0. The molecule has 0 saturated carbocycles. The second-order valence-corrected chi connectivity index (χ2v) is 5.52. The summed E-state index contributed by atoms with van der Waals surface area (Å²) >= 11 is 0. The molecule has 1 aromatic rings. The van der Waals surface area contributed by atoms with Crippen molar-refractivity contribution >= 4 is 11.9 Å². The van der Waals surface area contributed by atoms with Crippen molar-refractivity contribution in [3.8, 4) is 0 Å². The van der Waals surface area contributed by atoms with Gasteiger partial charge in [0.15, 0.2) is 0 Å². The van der Waals surface area contributed by atoms with Crippen LogP contribution in [-0.4, -0.2) is 24.5 Å². The molecule has 21 heavy (non-hydrogen) atoms. The van der Waals surface area contributed by atoms with E-state index in [1.54, 1.807) is 20.8 Å². The van der Waals surface area contributed by atoms with E-state index < -0.39 is 12.0 Å². The summed E-state index contributed by atoms with van der Waals surface area (Å²) in [5.41, 5.74) is 7.76. The molecule has 0 radical (unpaired) electrons. The van der Waals surface area contributed by atoms with Crippen molar-refractivity contribution in [2.24, 2.45) is 11.7 Å². The highest BCUT2D eigenvalue weighted by atomic mass is 16.5. The van der Waals surface area contributed by atoms with Crippen LogP contribution < -0.4 is 11.1 Å². The summed E-state index contributed by atoms with van der Waals surface area (Å²) in [4.78, 5) is 23.6. The first-order valence-electron chi connectivity index (χ1n) is 7.11. The number of hydrogen-bond acceptors (Lipinski definition) is 4. The van der Waals surface area contributed by atoms with Gasteiger partial charge in [-0.1, -0.05) is 36.8 Å². The van der Waals surface area contributed by atoms with Crippen molar-refractivity contribution in [3.05, 3.63) is 35.4 Å². The number of nitrogens with two attached hydrogens (primary N) is 1. The first-order valence-corrected chi connectivity index (χ1v) is 7.11. The van der Waals surface area contributed by atoms with Gasteiger partial charge in [0.05, 0.1) is 12.0 Å². The second-order valence-electron chi connectivity index (χ2n) is 5.52. The highest BCUT2D eigenvalue weighted by molar-refractivity contribution is 5.83. The van der Waals surface area contributed by atoms with Gasteiger partial charge >= 0.3 is 5.97 Å². The highest BCUT2D eigenvalue weighted by Crippen LogP contribution is 2.11. The van der Waals surface area contributed by atoms with Gasteiger partial charge in [-0.15, -0.1) is 0 Å². The predicted octanol–water partition coefficient (Wildman–Crippen LogP) is 1.70. The standard InChI is InChI=1S/C16H24N2O3/c1-10(2)21-16(20)12(4)9-18-15(19)14(17)13-7-5-11(3)6-8-13/h5-8,10,12,14H,9,17H2,1-4H3,(H,18,19). The van der Waals surface area contributed by atoms with Gasteiger partial charge in [0.2, 0.25) is 5.91 Å². The molecule has 2 unspecified atom stereocenters.